The van der Waals surface area contributed by atoms with E-state index in [-0.39, 0.29) is 17.4 Å². The molecular weight excluding hydrogens is 382 g/mol. The molecule has 0 aliphatic rings. The number of aromatic nitrogens is 4. The van der Waals surface area contributed by atoms with Crippen molar-refractivity contribution in [3.8, 4) is 17.4 Å². The first-order valence-corrected chi connectivity index (χ1v) is 8.66. The van der Waals surface area contributed by atoms with Crippen molar-refractivity contribution in [1.82, 2.24) is 19.7 Å². The van der Waals surface area contributed by atoms with Crippen molar-refractivity contribution in [2.45, 2.75) is 6.92 Å². The smallest absolute Gasteiger partial charge is 0.256 e. The van der Waals surface area contributed by atoms with Crippen LogP contribution in [0.25, 0.3) is 17.4 Å². The number of nitrogens with zero attached hydrogens (tertiary/aromatic N) is 3. The number of amides is 1. The molecule has 0 saturated heterocycles. The summed E-state index contributed by atoms with van der Waals surface area (Å²) >= 11 is 5.87. The van der Waals surface area contributed by atoms with Crippen molar-refractivity contribution in [3.63, 3.8) is 0 Å². The van der Waals surface area contributed by atoms with Crippen molar-refractivity contribution in [2.24, 2.45) is 0 Å². The van der Waals surface area contributed by atoms with Crippen LogP contribution < -0.4 is 10.9 Å². The predicted octanol–water partition coefficient (Wildman–Crippen LogP) is 3.43. The van der Waals surface area contributed by atoms with Crippen LogP contribution >= 0.6 is 11.6 Å². The SMILES string of the molecule is Cc1cc(=O)[nH]c(-n2nc(-c3ccco3)cc2NC(=O)c2ccc(Cl)cc2)n1. The second-order valence-electron chi connectivity index (χ2n) is 5.98. The molecule has 0 radical (unpaired) electrons. The van der Waals surface area contributed by atoms with Gasteiger partial charge in [0, 0.05) is 28.4 Å². The van der Waals surface area contributed by atoms with E-state index in [9.17, 15) is 9.59 Å². The Hall–Kier alpha value is -3.65. The average Bonchev–Trinajstić information content (AvgIpc) is 3.31. The standard InChI is InChI=1S/C19H14ClN5O3/c1-11-9-17(26)23-19(21-11)25-16(10-14(24-25)15-3-2-8-28-15)22-18(27)12-4-6-13(20)7-5-12/h2-10H,1H3,(H,22,27)(H,21,23,26). The number of furan rings is 1. The summed E-state index contributed by atoms with van der Waals surface area (Å²) in [5.74, 6) is 0.642. The van der Waals surface area contributed by atoms with Gasteiger partial charge in [-0.1, -0.05) is 11.6 Å². The third-order valence-electron chi connectivity index (χ3n) is 3.89. The molecule has 0 aliphatic heterocycles. The molecule has 0 bridgehead atoms. The lowest BCUT2D eigenvalue weighted by atomic mass is 10.2. The van der Waals surface area contributed by atoms with Gasteiger partial charge in [0.25, 0.3) is 11.5 Å². The van der Waals surface area contributed by atoms with E-state index >= 15 is 0 Å². The third-order valence-corrected chi connectivity index (χ3v) is 4.14. The molecule has 9 heteroatoms. The van der Waals surface area contributed by atoms with E-state index in [1.165, 1.54) is 17.0 Å². The Morgan fingerprint density at radius 1 is 1.21 bits per heavy atom. The van der Waals surface area contributed by atoms with Gasteiger partial charge in [-0.2, -0.15) is 9.78 Å². The van der Waals surface area contributed by atoms with Crippen LogP contribution in [-0.2, 0) is 0 Å². The van der Waals surface area contributed by atoms with Crippen LogP contribution in [0, 0.1) is 6.92 Å². The number of aromatic amines is 1. The highest BCUT2D eigenvalue weighted by atomic mass is 35.5. The fourth-order valence-corrected chi connectivity index (χ4v) is 2.76. The van der Waals surface area contributed by atoms with Gasteiger partial charge in [-0.15, -0.1) is 0 Å². The summed E-state index contributed by atoms with van der Waals surface area (Å²) in [4.78, 5) is 31.4. The van der Waals surface area contributed by atoms with Gasteiger partial charge in [-0.3, -0.25) is 14.6 Å². The first-order chi connectivity index (χ1) is 13.5. The van der Waals surface area contributed by atoms with Gasteiger partial charge in [0.1, 0.15) is 11.5 Å². The lowest BCUT2D eigenvalue weighted by Gasteiger charge is -2.08. The Bertz CT molecular complexity index is 1190. The fraction of sp³-hybridized carbons (Fsp3) is 0.0526. The molecule has 0 saturated carbocycles. The van der Waals surface area contributed by atoms with Crippen molar-refractivity contribution in [3.05, 3.63) is 81.4 Å². The molecule has 8 nitrogen and oxygen atoms in total. The Kier molecular flexibility index (Phi) is 4.54. The number of nitrogens with one attached hydrogen (secondary N) is 2. The number of anilines is 1. The number of rotatable bonds is 4. The topological polar surface area (TPSA) is 106 Å². The summed E-state index contributed by atoms with van der Waals surface area (Å²) in [6.07, 6.45) is 1.52. The quantitative estimate of drug-likeness (QED) is 0.550. The maximum atomic E-state index is 12.6. The monoisotopic (exact) mass is 395 g/mol. The first-order valence-electron chi connectivity index (χ1n) is 8.29. The molecule has 1 aromatic carbocycles. The number of carbonyl (C=O) groups is 1. The lowest BCUT2D eigenvalue weighted by Crippen LogP contribution is -2.18. The molecular formula is C19H14ClN5O3. The van der Waals surface area contributed by atoms with Crippen LogP contribution in [0.5, 0.6) is 0 Å². The molecule has 1 amide bonds. The molecule has 28 heavy (non-hydrogen) atoms. The van der Waals surface area contributed by atoms with Crippen LogP contribution in [-0.4, -0.2) is 25.7 Å². The molecule has 0 unspecified atom stereocenters. The van der Waals surface area contributed by atoms with Crippen molar-refractivity contribution < 1.29 is 9.21 Å². The highest BCUT2D eigenvalue weighted by Gasteiger charge is 2.17. The van der Waals surface area contributed by atoms with E-state index in [1.54, 1.807) is 49.4 Å². The zero-order valence-corrected chi connectivity index (χ0v) is 15.4. The van der Waals surface area contributed by atoms with E-state index in [0.29, 0.717) is 33.6 Å². The second-order valence-corrected chi connectivity index (χ2v) is 6.41. The molecule has 0 spiro atoms. The normalized spacial score (nSPS) is 10.8. The highest BCUT2D eigenvalue weighted by molar-refractivity contribution is 6.30. The van der Waals surface area contributed by atoms with E-state index < -0.39 is 0 Å². The third kappa shape index (κ3) is 3.58. The van der Waals surface area contributed by atoms with Crippen molar-refractivity contribution in [2.75, 3.05) is 5.32 Å². The molecule has 0 aliphatic carbocycles. The minimum atomic E-state index is -0.362. The van der Waals surface area contributed by atoms with E-state index in [4.69, 9.17) is 16.0 Å². The first kappa shape index (κ1) is 17.7. The number of hydrogen-bond donors (Lipinski definition) is 2. The summed E-state index contributed by atoms with van der Waals surface area (Å²) < 4.78 is 6.73. The molecule has 3 heterocycles. The van der Waals surface area contributed by atoms with E-state index in [2.05, 4.69) is 20.4 Å². The van der Waals surface area contributed by atoms with Crippen LogP contribution in [0.15, 0.2) is 64.0 Å². The number of benzene rings is 1. The number of hydrogen-bond acceptors (Lipinski definition) is 5. The maximum absolute atomic E-state index is 12.6. The number of carbonyl (C=O) groups excluding carboxylic acids is 1. The average molecular weight is 396 g/mol. The fourth-order valence-electron chi connectivity index (χ4n) is 2.63. The Morgan fingerprint density at radius 2 is 2.00 bits per heavy atom. The van der Waals surface area contributed by atoms with Gasteiger partial charge < -0.3 is 9.73 Å². The minimum Gasteiger partial charge on any atom is -0.463 e. The molecule has 4 rings (SSSR count). The zero-order chi connectivity index (χ0) is 19.7. The number of aryl methyl sites for hydroxylation is 1. The Balaban J connectivity index is 1.77. The van der Waals surface area contributed by atoms with Crippen LogP contribution in [0.1, 0.15) is 16.1 Å². The predicted molar refractivity (Wildman–Crippen MR) is 104 cm³/mol. The minimum absolute atomic E-state index is 0.175. The van der Waals surface area contributed by atoms with Crippen molar-refractivity contribution in [1.29, 1.82) is 0 Å². The van der Waals surface area contributed by atoms with Crippen LogP contribution in [0.2, 0.25) is 5.02 Å². The van der Waals surface area contributed by atoms with Crippen LogP contribution in [0.3, 0.4) is 0 Å². The van der Waals surface area contributed by atoms with Gasteiger partial charge >= 0.3 is 0 Å². The van der Waals surface area contributed by atoms with Gasteiger partial charge in [0.2, 0.25) is 5.95 Å². The van der Waals surface area contributed by atoms with Gasteiger partial charge in [-0.25, -0.2) is 4.98 Å². The van der Waals surface area contributed by atoms with Gasteiger partial charge in [-0.05, 0) is 43.3 Å². The molecule has 2 N–H and O–H groups in total. The molecule has 0 atom stereocenters. The van der Waals surface area contributed by atoms with Crippen molar-refractivity contribution >= 4 is 23.3 Å². The summed E-state index contributed by atoms with van der Waals surface area (Å²) in [6, 6.07) is 12.9. The lowest BCUT2D eigenvalue weighted by molar-refractivity contribution is 0.102. The van der Waals surface area contributed by atoms with E-state index in [0.717, 1.165) is 0 Å². The highest BCUT2D eigenvalue weighted by Crippen LogP contribution is 2.24. The molecule has 4 aromatic rings. The molecule has 140 valence electrons. The maximum Gasteiger partial charge on any atom is 0.256 e. The Labute approximate surface area is 163 Å². The Morgan fingerprint density at radius 3 is 2.68 bits per heavy atom. The summed E-state index contributed by atoms with van der Waals surface area (Å²) in [5, 5.41) is 7.73. The van der Waals surface area contributed by atoms with Gasteiger partial charge in [0.05, 0.1) is 6.26 Å². The number of halogens is 1. The number of H-pyrrole nitrogens is 1. The van der Waals surface area contributed by atoms with Crippen LogP contribution in [0.4, 0.5) is 5.82 Å². The molecule has 0 fully saturated rings. The molecule has 3 aromatic heterocycles. The largest absolute Gasteiger partial charge is 0.463 e. The summed E-state index contributed by atoms with van der Waals surface area (Å²) in [5.41, 5.74) is 1.08. The second kappa shape index (κ2) is 7.16. The van der Waals surface area contributed by atoms with E-state index in [1.807, 2.05) is 0 Å². The zero-order valence-electron chi connectivity index (χ0n) is 14.6. The summed E-state index contributed by atoms with van der Waals surface area (Å²) in [6.45, 7) is 1.70. The summed E-state index contributed by atoms with van der Waals surface area (Å²) in [7, 11) is 0. The van der Waals surface area contributed by atoms with Gasteiger partial charge in [0.15, 0.2) is 5.76 Å².